The molecule has 4 fully saturated rings. The topological polar surface area (TPSA) is 64.6 Å². The second kappa shape index (κ2) is 6.86. The zero-order valence-electron chi connectivity index (χ0n) is 17.4. The van der Waals surface area contributed by atoms with E-state index in [0.717, 1.165) is 0 Å². The molecule has 0 spiro atoms. The first-order valence-electron chi connectivity index (χ1n) is 10.6. The molecule has 33 heavy (non-hydrogen) atoms. The maximum Gasteiger partial charge on any atom is 0.490 e. The summed E-state index contributed by atoms with van der Waals surface area (Å²) in [6, 6.07) is 6.49. The lowest BCUT2D eigenvalue weighted by molar-refractivity contribution is -0.241. The summed E-state index contributed by atoms with van der Waals surface area (Å²) in [5.74, 6) is -6.66. The van der Waals surface area contributed by atoms with E-state index >= 15 is 0 Å². The molecule has 8 atom stereocenters. The molecule has 4 saturated carbocycles. The minimum absolute atomic E-state index is 0.0451. The molecule has 0 aliphatic heterocycles. The lowest BCUT2D eigenvalue weighted by Crippen LogP contribution is -2.62. The van der Waals surface area contributed by atoms with Crippen molar-refractivity contribution in [3.8, 4) is 0 Å². The third kappa shape index (κ3) is 3.03. The fourth-order valence-corrected chi connectivity index (χ4v) is 7.75. The molecule has 0 radical (unpaired) electrons. The Morgan fingerprint density at radius 1 is 1.06 bits per heavy atom. The summed E-state index contributed by atoms with van der Waals surface area (Å²) in [6.07, 6.45) is -9.31. The summed E-state index contributed by atoms with van der Waals surface area (Å²) in [5, 5.41) is 2.00. The van der Waals surface area contributed by atoms with Crippen molar-refractivity contribution >= 4 is 11.9 Å². The second-order valence-corrected chi connectivity index (χ2v) is 9.59. The molecule has 6 bridgehead atoms. The third-order valence-corrected chi connectivity index (χ3v) is 8.29. The van der Waals surface area contributed by atoms with Gasteiger partial charge < -0.3 is 14.8 Å². The SMILES string of the molecule is CO[C@@]12CC3CC4C1C3[C@](OC(=O)C(F)(F)F)(C2)[C@H]4[C@@H](NC(=O)C(F)(F)F)c1ccccc1. The van der Waals surface area contributed by atoms with E-state index in [1.807, 2.05) is 5.32 Å². The molecular formula is C22H21F6NO4. The second-order valence-electron chi connectivity index (χ2n) is 9.59. The fourth-order valence-electron chi connectivity index (χ4n) is 7.75. The predicted octanol–water partition coefficient (Wildman–Crippen LogP) is 3.94. The van der Waals surface area contributed by atoms with E-state index in [2.05, 4.69) is 0 Å². The predicted molar refractivity (Wildman–Crippen MR) is 99.3 cm³/mol. The van der Waals surface area contributed by atoms with Gasteiger partial charge in [-0.3, -0.25) is 4.79 Å². The number of rotatable bonds is 5. The largest absolute Gasteiger partial charge is 0.490 e. The standard InChI is InChI=1S/C22H21F6NO4/c1-32-19-8-11-7-12-14(19)13(11)20(9-19,33-18(31)22(26,27)28)15(12)16(10-5-3-2-4-6-10)29-17(30)21(23,24)25/h2-6,11-16H,7-9H2,1H3,(H,29,30)/t11?,12?,13?,14?,15-,16+,19-,20-/m1/s1. The van der Waals surface area contributed by atoms with Gasteiger partial charge in [0.15, 0.2) is 0 Å². The number of hydrogen-bond donors (Lipinski definition) is 1. The van der Waals surface area contributed by atoms with Gasteiger partial charge in [-0.25, -0.2) is 4.79 Å². The van der Waals surface area contributed by atoms with Gasteiger partial charge in [0.2, 0.25) is 0 Å². The minimum atomic E-state index is -5.26. The van der Waals surface area contributed by atoms with E-state index in [4.69, 9.17) is 9.47 Å². The van der Waals surface area contributed by atoms with Crippen molar-refractivity contribution < 1.29 is 45.4 Å². The summed E-state index contributed by atoms with van der Waals surface area (Å²) in [7, 11) is 1.46. The maximum absolute atomic E-state index is 13.2. The number of halogens is 6. The average Bonchev–Trinajstić information content (AvgIpc) is 3.42. The van der Waals surface area contributed by atoms with Gasteiger partial charge >= 0.3 is 24.2 Å². The molecule has 4 aliphatic carbocycles. The normalized spacial score (nSPS) is 39.2. The number of benzene rings is 1. The third-order valence-electron chi connectivity index (χ3n) is 8.29. The smallest absolute Gasteiger partial charge is 0.452 e. The van der Waals surface area contributed by atoms with Crippen molar-refractivity contribution in [2.45, 2.75) is 48.9 Å². The number of hydrogen-bond acceptors (Lipinski definition) is 4. The number of amides is 1. The van der Waals surface area contributed by atoms with Gasteiger partial charge in [-0.2, -0.15) is 26.3 Å². The van der Waals surface area contributed by atoms with Crippen molar-refractivity contribution in [2.24, 2.45) is 29.6 Å². The highest BCUT2D eigenvalue weighted by Crippen LogP contribution is 2.81. The highest BCUT2D eigenvalue weighted by Gasteiger charge is 2.85. The molecule has 5 rings (SSSR count). The van der Waals surface area contributed by atoms with Crippen LogP contribution in [0.4, 0.5) is 26.3 Å². The summed E-state index contributed by atoms with van der Waals surface area (Å²) in [6.45, 7) is 0. The number of carbonyl (C=O) groups excluding carboxylic acids is 2. The summed E-state index contributed by atoms with van der Waals surface area (Å²) in [5.41, 5.74) is -2.16. The van der Waals surface area contributed by atoms with E-state index in [1.54, 1.807) is 18.2 Å². The molecule has 5 nitrogen and oxygen atoms in total. The van der Waals surface area contributed by atoms with Gasteiger partial charge in [0, 0.05) is 25.4 Å². The Balaban J connectivity index is 1.60. The number of carbonyl (C=O) groups is 2. The lowest BCUT2D eigenvalue weighted by Gasteiger charge is -2.56. The van der Waals surface area contributed by atoms with Crippen LogP contribution in [0.5, 0.6) is 0 Å². The van der Waals surface area contributed by atoms with Gasteiger partial charge in [0.1, 0.15) is 5.60 Å². The monoisotopic (exact) mass is 477 g/mol. The van der Waals surface area contributed by atoms with Gasteiger partial charge in [-0.05, 0) is 36.2 Å². The van der Waals surface area contributed by atoms with Gasteiger partial charge in [0.25, 0.3) is 0 Å². The Hall–Kier alpha value is -2.30. The first kappa shape index (κ1) is 22.5. The quantitative estimate of drug-likeness (QED) is 0.516. The van der Waals surface area contributed by atoms with Gasteiger partial charge in [-0.1, -0.05) is 30.3 Å². The molecule has 1 amide bonds. The minimum Gasteiger partial charge on any atom is -0.452 e. The van der Waals surface area contributed by atoms with Crippen LogP contribution in [-0.4, -0.2) is 42.5 Å². The highest BCUT2D eigenvalue weighted by molar-refractivity contribution is 5.82. The van der Waals surface area contributed by atoms with Crippen LogP contribution in [0, 0.1) is 29.6 Å². The molecule has 11 heteroatoms. The zero-order valence-corrected chi connectivity index (χ0v) is 17.4. The fraction of sp³-hybridized carbons (Fsp3) is 0.636. The van der Waals surface area contributed by atoms with Crippen LogP contribution in [0.25, 0.3) is 0 Å². The Bertz CT molecular complexity index is 981. The number of alkyl halides is 6. The van der Waals surface area contributed by atoms with Gasteiger partial charge in [-0.15, -0.1) is 0 Å². The molecule has 1 aromatic rings. The molecule has 0 heterocycles. The summed E-state index contributed by atoms with van der Waals surface area (Å²) < 4.78 is 90.2. The number of methoxy groups -OCH3 is 1. The summed E-state index contributed by atoms with van der Waals surface area (Å²) in [4.78, 5) is 24.0. The van der Waals surface area contributed by atoms with Crippen molar-refractivity contribution in [1.29, 1.82) is 0 Å². The van der Waals surface area contributed by atoms with Crippen molar-refractivity contribution in [2.75, 3.05) is 7.11 Å². The Kier molecular flexibility index (Phi) is 4.68. The summed E-state index contributed by atoms with van der Waals surface area (Å²) >= 11 is 0. The van der Waals surface area contributed by atoms with E-state index in [9.17, 15) is 35.9 Å². The Morgan fingerprint density at radius 2 is 1.73 bits per heavy atom. The van der Waals surface area contributed by atoms with Crippen LogP contribution in [-0.2, 0) is 19.1 Å². The number of nitrogens with one attached hydrogen (secondary N) is 1. The number of esters is 1. The van der Waals surface area contributed by atoms with Crippen molar-refractivity contribution in [3.05, 3.63) is 35.9 Å². The average molecular weight is 477 g/mol. The molecule has 180 valence electrons. The van der Waals surface area contributed by atoms with Crippen LogP contribution in [0.3, 0.4) is 0 Å². The van der Waals surface area contributed by atoms with Crippen molar-refractivity contribution in [1.82, 2.24) is 5.32 Å². The highest BCUT2D eigenvalue weighted by atomic mass is 19.4. The molecular weight excluding hydrogens is 456 g/mol. The van der Waals surface area contributed by atoms with Crippen molar-refractivity contribution in [3.63, 3.8) is 0 Å². The lowest BCUT2D eigenvalue weighted by atomic mass is 9.56. The van der Waals surface area contributed by atoms with Crippen LogP contribution in [0.2, 0.25) is 0 Å². The molecule has 1 N–H and O–H groups in total. The molecule has 4 unspecified atom stereocenters. The first-order chi connectivity index (χ1) is 15.3. The van der Waals surface area contributed by atoms with E-state index in [1.165, 1.54) is 19.2 Å². The number of ether oxygens (including phenoxy) is 2. The van der Waals surface area contributed by atoms with Crippen LogP contribution in [0.15, 0.2) is 30.3 Å². The van der Waals surface area contributed by atoms with Gasteiger partial charge in [0.05, 0.1) is 11.6 Å². The molecule has 4 aliphatic rings. The molecule has 1 aromatic carbocycles. The first-order valence-corrected chi connectivity index (χ1v) is 10.6. The molecule has 0 saturated heterocycles. The maximum atomic E-state index is 13.2. The van der Waals surface area contributed by atoms with E-state index in [0.29, 0.717) is 18.4 Å². The van der Waals surface area contributed by atoms with Crippen LogP contribution in [0.1, 0.15) is 30.9 Å². The van der Waals surface area contributed by atoms with Crippen LogP contribution < -0.4 is 5.32 Å². The van der Waals surface area contributed by atoms with E-state index < -0.39 is 53.3 Å². The molecule has 0 aromatic heterocycles. The van der Waals surface area contributed by atoms with Crippen LogP contribution >= 0.6 is 0 Å². The Morgan fingerprint density at radius 3 is 2.30 bits per heavy atom. The Labute approximate surface area is 184 Å². The zero-order chi connectivity index (χ0) is 24.0. The van der Waals surface area contributed by atoms with E-state index in [-0.39, 0.29) is 24.2 Å².